The number of benzene rings is 2. The summed E-state index contributed by atoms with van der Waals surface area (Å²) in [6.45, 7) is 8.61. The molecular formula is C22H26N3O+. The molecule has 0 saturated heterocycles. The fourth-order valence-corrected chi connectivity index (χ4v) is 3.50. The van der Waals surface area contributed by atoms with E-state index < -0.39 is 5.91 Å². The zero-order valence-electron chi connectivity index (χ0n) is 15.7. The number of nitrogens with zero attached hydrogens (tertiary/aromatic N) is 2. The number of aromatic nitrogens is 1. The molecule has 2 aromatic carbocycles. The molecule has 0 aliphatic heterocycles. The quantitative estimate of drug-likeness (QED) is 0.420. The van der Waals surface area contributed by atoms with Crippen LogP contribution in [-0.2, 0) is 6.54 Å². The van der Waals surface area contributed by atoms with Crippen molar-refractivity contribution in [3.63, 3.8) is 0 Å². The molecule has 26 heavy (non-hydrogen) atoms. The van der Waals surface area contributed by atoms with Crippen LogP contribution < -0.4 is 15.2 Å². The predicted molar refractivity (Wildman–Crippen MR) is 107 cm³/mol. The number of anilines is 1. The Balaban J connectivity index is 2.42. The van der Waals surface area contributed by atoms with E-state index in [1.807, 2.05) is 38.4 Å². The number of carbonyl (C=O) groups is 1. The van der Waals surface area contributed by atoms with E-state index >= 15 is 0 Å². The van der Waals surface area contributed by atoms with Crippen LogP contribution in [0.4, 0.5) is 5.69 Å². The monoisotopic (exact) mass is 348 g/mol. The number of unbranched alkanes of at least 4 members (excludes halogenated alkanes) is 2. The van der Waals surface area contributed by atoms with Crippen LogP contribution >= 0.6 is 0 Å². The van der Waals surface area contributed by atoms with Crippen LogP contribution in [0.1, 0.15) is 35.2 Å². The molecule has 1 aromatic heterocycles. The standard InChI is InChI=1S/C22H25N3O/c1-5-6-7-12-25-19-13-15(2)8-10-17(19)21(22(23)26)18-11-9-16(24(3)4)14-20(18)25/h1,8-11,13-14H,5-7,12H2,2-4H3,(H-,23,26)/p+1. The molecule has 0 fully saturated rings. The highest BCUT2D eigenvalue weighted by Crippen LogP contribution is 2.28. The van der Waals surface area contributed by atoms with E-state index in [-0.39, 0.29) is 0 Å². The highest BCUT2D eigenvalue weighted by Gasteiger charge is 2.23. The van der Waals surface area contributed by atoms with Gasteiger partial charge in [0.15, 0.2) is 0 Å². The van der Waals surface area contributed by atoms with Crippen LogP contribution in [0.2, 0.25) is 0 Å². The third-order valence-electron chi connectivity index (χ3n) is 4.85. The molecule has 134 valence electrons. The maximum atomic E-state index is 12.3. The largest absolute Gasteiger partial charge is 0.377 e. The van der Waals surface area contributed by atoms with Gasteiger partial charge in [0.2, 0.25) is 16.9 Å². The van der Waals surface area contributed by atoms with Crippen LogP contribution in [0.15, 0.2) is 36.4 Å². The van der Waals surface area contributed by atoms with Crippen molar-refractivity contribution in [2.45, 2.75) is 32.7 Å². The first-order chi connectivity index (χ1) is 12.4. The molecule has 4 nitrogen and oxygen atoms in total. The van der Waals surface area contributed by atoms with E-state index in [1.165, 1.54) is 0 Å². The van der Waals surface area contributed by atoms with Crippen LogP contribution in [-0.4, -0.2) is 20.0 Å². The molecule has 1 amide bonds. The third-order valence-corrected chi connectivity index (χ3v) is 4.85. The minimum Gasteiger partial charge on any atom is -0.377 e. The third kappa shape index (κ3) is 3.24. The molecule has 0 unspecified atom stereocenters. The molecule has 0 bridgehead atoms. The van der Waals surface area contributed by atoms with E-state index in [2.05, 4.69) is 28.5 Å². The Morgan fingerprint density at radius 3 is 2.35 bits per heavy atom. The molecule has 0 aliphatic carbocycles. The van der Waals surface area contributed by atoms with Crippen molar-refractivity contribution in [2.24, 2.45) is 5.73 Å². The average molecular weight is 348 g/mol. The first-order valence-electron chi connectivity index (χ1n) is 9.01. The number of carbonyl (C=O) groups excluding carboxylic acids is 1. The first-order valence-corrected chi connectivity index (χ1v) is 9.01. The molecule has 3 rings (SSSR count). The van der Waals surface area contributed by atoms with Crippen molar-refractivity contribution < 1.29 is 9.36 Å². The van der Waals surface area contributed by atoms with E-state index in [0.717, 1.165) is 52.4 Å². The zero-order valence-corrected chi connectivity index (χ0v) is 15.7. The molecule has 2 N–H and O–H groups in total. The number of aryl methyl sites for hydroxylation is 2. The van der Waals surface area contributed by atoms with E-state index in [9.17, 15) is 4.79 Å². The topological polar surface area (TPSA) is 50.2 Å². The second-order valence-electron chi connectivity index (χ2n) is 7.00. The van der Waals surface area contributed by atoms with E-state index in [1.54, 1.807) is 0 Å². The summed E-state index contributed by atoms with van der Waals surface area (Å²) in [6.07, 6.45) is 2.63. The highest BCUT2D eigenvalue weighted by atomic mass is 16.1. The lowest BCUT2D eigenvalue weighted by atomic mass is 9.99. The predicted octanol–water partition coefficient (Wildman–Crippen LogP) is 3.64. The molecule has 0 spiro atoms. The van der Waals surface area contributed by atoms with Gasteiger partial charge in [-0.05, 0) is 50.5 Å². The van der Waals surface area contributed by atoms with Gasteiger partial charge in [-0.2, -0.15) is 4.57 Å². The molecule has 0 aliphatic rings. The zero-order chi connectivity index (χ0) is 18.8. The van der Waals surface area contributed by atoms with E-state index in [0.29, 0.717) is 12.0 Å². The second kappa shape index (κ2) is 7.32. The average Bonchev–Trinajstić information content (AvgIpc) is 2.60. The molecule has 2 radical (unpaired) electrons. The fraction of sp³-hybridized carbons (Fsp3) is 0.318. The Hall–Kier alpha value is -2.62. The molecule has 4 heteroatoms. The lowest BCUT2D eigenvalue weighted by Crippen LogP contribution is -2.37. The van der Waals surface area contributed by atoms with Gasteiger partial charge in [0, 0.05) is 38.3 Å². The van der Waals surface area contributed by atoms with Crippen LogP contribution in [0.3, 0.4) is 0 Å². The van der Waals surface area contributed by atoms with Crippen molar-refractivity contribution in [1.29, 1.82) is 0 Å². The van der Waals surface area contributed by atoms with Crippen molar-refractivity contribution in [1.82, 2.24) is 0 Å². The van der Waals surface area contributed by atoms with E-state index in [4.69, 9.17) is 12.7 Å². The van der Waals surface area contributed by atoms with Gasteiger partial charge in [0.25, 0.3) is 0 Å². The minimum atomic E-state index is -0.393. The molecule has 1 heterocycles. The Bertz CT molecular complexity index is 976. The number of nitrogens with two attached hydrogens (primary N) is 1. The summed E-state index contributed by atoms with van der Waals surface area (Å²) < 4.78 is 2.30. The first kappa shape index (κ1) is 18.2. The summed E-state index contributed by atoms with van der Waals surface area (Å²) in [7, 11) is 4.03. The minimum absolute atomic E-state index is 0.393. The van der Waals surface area contributed by atoms with Gasteiger partial charge in [0.05, 0.1) is 16.3 Å². The smallest absolute Gasteiger partial charge is 0.250 e. The van der Waals surface area contributed by atoms with Crippen LogP contribution in [0, 0.1) is 13.8 Å². The van der Waals surface area contributed by atoms with Gasteiger partial charge < -0.3 is 10.6 Å². The summed E-state index contributed by atoms with van der Waals surface area (Å²) in [5.74, 6) is -0.393. The maximum absolute atomic E-state index is 12.3. The van der Waals surface area contributed by atoms with Crippen molar-refractivity contribution >= 4 is 33.4 Å². The summed E-state index contributed by atoms with van der Waals surface area (Å²) in [6, 6.07) is 12.3. The van der Waals surface area contributed by atoms with Gasteiger partial charge in [-0.25, -0.2) is 0 Å². The summed E-state index contributed by atoms with van der Waals surface area (Å²) in [5.41, 5.74) is 10.7. The lowest BCUT2D eigenvalue weighted by Gasteiger charge is -2.15. The van der Waals surface area contributed by atoms with Crippen LogP contribution in [0.5, 0.6) is 0 Å². The Labute approximate surface area is 155 Å². The van der Waals surface area contributed by atoms with Gasteiger partial charge in [-0.3, -0.25) is 4.79 Å². The molecule has 0 saturated carbocycles. The summed E-state index contributed by atoms with van der Waals surface area (Å²) in [5, 5.41) is 1.80. The number of fused-ring (bicyclic) bond motifs is 2. The lowest BCUT2D eigenvalue weighted by molar-refractivity contribution is -0.645. The number of hydrogen-bond donors (Lipinski definition) is 1. The van der Waals surface area contributed by atoms with Gasteiger partial charge in [-0.1, -0.05) is 6.07 Å². The molecule has 3 aromatic rings. The number of amides is 1. The number of pyridine rings is 1. The summed E-state index contributed by atoms with van der Waals surface area (Å²) >= 11 is 0. The summed E-state index contributed by atoms with van der Waals surface area (Å²) in [4.78, 5) is 14.4. The van der Waals surface area contributed by atoms with Crippen molar-refractivity contribution in [3.8, 4) is 0 Å². The van der Waals surface area contributed by atoms with Crippen molar-refractivity contribution in [2.75, 3.05) is 19.0 Å². The van der Waals surface area contributed by atoms with Crippen LogP contribution in [0.25, 0.3) is 21.8 Å². The number of primary amides is 1. The SMILES string of the molecule is [CH]CCCC[n+]1c2cc(C)ccc2c(C(N)=O)c2ccc(N(C)C)cc21. The highest BCUT2D eigenvalue weighted by molar-refractivity contribution is 6.14. The van der Waals surface area contributed by atoms with Gasteiger partial charge in [-0.15, -0.1) is 0 Å². The maximum Gasteiger partial charge on any atom is 0.250 e. The van der Waals surface area contributed by atoms with Gasteiger partial charge >= 0.3 is 0 Å². The second-order valence-corrected chi connectivity index (χ2v) is 7.00. The van der Waals surface area contributed by atoms with Crippen molar-refractivity contribution in [3.05, 3.63) is 54.4 Å². The Morgan fingerprint density at radius 2 is 1.73 bits per heavy atom. The fourth-order valence-electron chi connectivity index (χ4n) is 3.50. The number of hydrogen-bond acceptors (Lipinski definition) is 2. The van der Waals surface area contributed by atoms with Gasteiger partial charge in [0.1, 0.15) is 6.54 Å². The molecular weight excluding hydrogens is 322 g/mol. The normalized spacial score (nSPS) is 11.2. The Kier molecular flexibility index (Phi) is 5.12. The number of rotatable bonds is 6. The Morgan fingerprint density at radius 1 is 1.08 bits per heavy atom. The molecule has 0 atom stereocenters.